The molecule has 178 valence electrons. The molecule has 2 atom stereocenters. The fourth-order valence-electron chi connectivity index (χ4n) is 4.19. The lowest BCUT2D eigenvalue weighted by Gasteiger charge is -2.27. The third-order valence-electron chi connectivity index (χ3n) is 6.33. The Hall–Kier alpha value is -2.82. The van der Waals surface area contributed by atoms with Gasteiger partial charge in [-0.1, -0.05) is 60.5 Å². The molecule has 0 heterocycles. The van der Waals surface area contributed by atoms with Crippen molar-refractivity contribution in [3.8, 4) is 17.2 Å². The second-order valence-electron chi connectivity index (χ2n) is 11.2. The molecular formula is C28H38N2O3. The first-order valence-electron chi connectivity index (χ1n) is 11.8. The minimum absolute atomic E-state index is 0.00763. The second-order valence-corrected chi connectivity index (χ2v) is 11.2. The zero-order valence-electron chi connectivity index (χ0n) is 20.8. The summed E-state index contributed by atoms with van der Waals surface area (Å²) < 4.78 is 0. The quantitative estimate of drug-likeness (QED) is 0.481. The van der Waals surface area contributed by atoms with Gasteiger partial charge in [0.25, 0.3) is 0 Å². The van der Waals surface area contributed by atoms with E-state index in [9.17, 15) is 15.3 Å². The first-order chi connectivity index (χ1) is 15.4. The van der Waals surface area contributed by atoms with Crippen LogP contribution in [0, 0.1) is 0 Å². The van der Waals surface area contributed by atoms with E-state index in [1.807, 2.05) is 12.3 Å². The number of phenolic OH excluding ortho intramolecular Hbond substituents is 3. The van der Waals surface area contributed by atoms with Crippen molar-refractivity contribution in [1.29, 1.82) is 0 Å². The Kier molecular flexibility index (Phi) is 7.20. The SMILES string of the molecule is CC(C)(C)c1cc(C=N[C@@H]2CCCC[C@H]2N=Cc2ccc(O)cc2O)c(O)c(C(C)(C)C)c1. The van der Waals surface area contributed by atoms with Crippen LogP contribution in [0.1, 0.15) is 89.5 Å². The number of hydrogen-bond acceptors (Lipinski definition) is 5. The number of aliphatic imine (C=N–C) groups is 2. The fourth-order valence-corrected chi connectivity index (χ4v) is 4.19. The van der Waals surface area contributed by atoms with Crippen LogP contribution >= 0.6 is 0 Å². The zero-order valence-corrected chi connectivity index (χ0v) is 20.8. The maximum atomic E-state index is 11.0. The van der Waals surface area contributed by atoms with Crippen molar-refractivity contribution in [3.05, 3.63) is 52.6 Å². The molecule has 0 unspecified atom stereocenters. The van der Waals surface area contributed by atoms with Crippen LogP contribution in [0.5, 0.6) is 17.2 Å². The molecule has 0 saturated heterocycles. The van der Waals surface area contributed by atoms with Gasteiger partial charge in [-0.2, -0.15) is 0 Å². The summed E-state index contributed by atoms with van der Waals surface area (Å²) >= 11 is 0. The van der Waals surface area contributed by atoms with Crippen molar-refractivity contribution < 1.29 is 15.3 Å². The van der Waals surface area contributed by atoms with Crippen molar-refractivity contribution in [2.24, 2.45) is 9.98 Å². The second kappa shape index (κ2) is 9.58. The fraction of sp³-hybridized carbons (Fsp3) is 0.500. The summed E-state index contributed by atoms with van der Waals surface area (Å²) in [7, 11) is 0. The summed E-state index contributed by atoms with van der Waals surface area (Å²) in [6, 6.07) is 8.70. The summed E-state index contributed by atoms with van der Waals surface area (Å²) in [6.45, 7) is 12.9. The number of nitrogens with zero attached hydrogens (tertiary/aromatic N) is 2. The minimum atomic E-state index is -0.183. The molecule has 1 saturated carbocycles. The lowest BCUT2D eigenvalue weighted by Crippen LogP contribution is -2.27. The molecule has 5 heteroatoms. The molecule has 0 aliphatic heterocycles. The van der Waals surface area contributed by atoms with Gasteiger partial charge in [0.1, 0.15) is 17.2 Å². The van der Waals surface area contributed by atoms with Gasteiger partial charge in [0.2, 0.25) is 0 Å². The van der Waals surface area contributed by atoms with E-state index in [1.165, 1.54) is 17.7 Å². The number of benzene rings is 2. The van der Waals surface area contributed by atoms with Crippen LogP contribution in [0.2, 0.25) is 0 Å². The van der Waals surface area contributed by atoms with Crippen molar-refractivity contribution in [2.75, 3.05) is 0 Å². The first-order valence-corrected chi connectivity index (χ1v) is 11.8. The van der Waals surface area contributed by atoms with Crippen molar-refractivity contribution >= 4 is 12.4 Å². The lowest BCUT2D eigenvalue weighted by molar-refractivity contribution is 0.390. The molecule has 1 aliphatic rings. The largest absolute Gasteiger partial charge is 0.508 e. The van der Waals surface area contributed by atoms with Crippen LogP contribution in [-0.4, -0.2) is 39.8 Å². The zero-order chi connectivity index (χ0) is 24.4. The monoisotopic (exact) mass is 450 g/mol. The normalized spacial score (nSPS) is 20.1. The Labute approximate surface area is 197 Å². The standard InChI is InChI=1S/C28H38N2O3/c1-27(2,3)20-13-19(26(33)22(14-20)28(4,5)6)17-30-24-10-8-7-9-23(24)29-16-18-11-12-21(31)15-25(18)32/h11-17,23-24,31-33H,7-10H2,1-6H3/t23-,24-/m1/s1. The van der Waals surface area contributed by atoms with E-state index in [0.717, 1.165) is 36.8 Å². The third-order valence-corrected chi connectivity index (χ3v) is 6.33. The van der Waals surface area contributed by atoms with E-state index in [0.29, 0.717) is 11.3 Å². The molecule has 0 spiro atoms. The smallest absolute Gasteiger partial charge is 0.128 e. The van der Waals surface area contributed by atoms with Crippen LogP contribution < -0.4 is 0 Å². The Balaban J connectivity index is 1.91. The maximum Gasteiger partial charge on any atom is 0.128 e. The van der Waals surface area contributed by atoms with Crippen LogP contribution in [0.25, 0.3) is 0 Å². The van der Waals surface area contributed by atoms with Crippen LogP contribution in [0.3, 0.4) is 0 Å². The number of rotatable bonds is 4. The van der Waals surface area contributed by atoms with Gasteiger partial charge in [0.05, 0.1) is 12.1 Å². The van der Waals surface area contributed by atoms with E-state index in [2.05, 4.69) is 47.6 Å². The molecule has 0 aromatic heterocycles. The maximum absolute atomic E-state index is 11.0. The molecule has 0 radical (unpaired) electrons. The summed E-state index contributed by atoms with van der Waals surface area (Å²) in [4.78, 5) is 9.62. The first kappa shape index (κ1) is 24.8. The minimum Gasteiger partial charge on any atom is -0.508 e. The molecule has 1 aliphatic carbocycles. The van der Waals surface area contributed by atoms with E-state index in [-0.39, 0.29) is 34.4 Å². The molecule has 5 nitrogen and oxygen atoms in total. The highest BCUT2D eigenvalue weighted by Crippen LogP contribution is 2.37. The predicted molar refractivity (Wildman–Crippen MR) is 137 cm³/mol. The molecule has 0 amide bonds. The summed E-state index contributed by atoms with van der Waals surface area (Å²) in [5, 5.41) is 30.6. The molecule has 0 bridgehead atoms. The van der Waals surface area contributed by atoms with Crippen LogP contribution in [0.15, 0.2) is 40.3 Å². The topological polar surface area (TPSA) is 85.4 Å². The highest BCUT2D eigenvalue weighted by atomic mass is 16.3. The summed E-state index contributed by atoms with van der Waals surface area (Å²) in [6.07, 6.45) is 7.54. The van der Waals surface area contributed by atoms with Gasteiger partial charge in [-0.3, -0.25) is 9.98 Å². The number of hydrogen-bond donors (Lipinski definition) is 3. The van der Waals surface area contributed by atoms with Gasteiger partial charge in [-0.25, -0.2) is 0 Å². The van der Waals surface area contributed by atoms with Gasteiger partial charge < -0.3 is 15.3 Å². The molecular weight excluding hydrogens is 412 g/mol. The number of aromatic hydroxyl groups is 3. The Morgan fingerprint density at radius 3 is 1.85 bits per heavy atom. The Morgan fingerprint density at radius 2 is 1.33 bits per heavy atom. The summed E-state index contributed by atoms with van der Waals surface area (Å²) in [5.41, 5.74) is 3.20. The molecule has 2 aromatic rings. The van der Waals surface area contributed by atoms with Gasteiger partial charge in [-0.15, -0.1) is 0 Å². The van der Waals surface area contributed by atoms with E-state index >= 15 is 0 Å². The van der Waals surface area contributed by atoms with Crippen molar-refractivity contribution in [2.45, 2.75) is 90.1 Å². The summed E-state index contributed by atoms with van der Waals surface area (Å²) in [5.74, 6) is 0.328. The molecule has 3 rings (SSSR count). The van der Waals surface area contributed by atoms with Gasteiger partial charge in [0, 0.05) is 35.2 Å². The van der Waals surface area contributed by atoms with Gasteiger partial charge >= 0.3 is 0 Å². The lowest BCUT2D eigenvalue weighted by atomic mass is 9.79. The molecule has 33 heavy (non-hydrogen) atoms. The van der Waals surface area contributed by atoms with E-state index < -0.39 is 0 Å². The van der Waals surface area contributed by atoms with Crippen molar-refractivity contribution in [1.82, 2.24) is 0 Å². The van der Waals surface area contributed by atoms with Crippen molar-refractivity contribution in [3.63, 3.8) is 0 Å². The molecule has 3 N–H and O–H groups in total. The van der Waals surface area contributed by atoms with Crippen LogP contribution in [-0.2, 0) is 10.8 Å². The van der Waals surface area contributed by atoms with Crippen LogP contribution in [0.4, 0.5) is 0 Å². The third kappa shape index (κ3) is 6.16. The van der Waals surface area contributed by atoms with E-state index in [1.54, 1.807) is 12.3 Å². The average molecular weight is 451 g/mol. The average Bonchev–Trinajstić information content (AvgIpc) is 2.71. The van der Waals surface area contributed by atoms with Gasteiger partial charge in [0.15, 0.2) is 0 Å². The Bertz CT molecular complexity index is 1040. The number of phenols is 3. The predicted octanol–water partition coefficient (Wildman–Crippen LogP) is 6.25. The van der Waals surface area contributed by atoms with Gasteiger partial charge in [-0.05, 0) is 47.4 Å². The van der Waals surface area contributed by atoms with E-state index in [4.69, 9.17) is 9.98 Å². The molecule has 2 aromatic carbocycles. The Morgan fingerprint density at radius 1 is 0.758 bits per heavy atom. The molecule has 1 fully saturated rings. The highest BCUT2D eigenvalue weighted by Gasteiger charge is 2.26. The highest BCUT2D eigenvalue weighted by molar-refractivity contribution is 5.85.